The minimum Gasteiger partial charge on any atom is -0.348 e. The second-order valence-electron chi connectivity index (χ2n) is 3.00. The Hall–Kier alpha value is -1.16. The Morgan fingerprint density at radius 3 is 3.23 bits per heavy atom. The number of nitrogens with one attached hydrogen (secondary N) is 1. The van der Waals surface area contributed by atoms with E-state index in [0.29, 0.717) is 6.41 Å². The Morgan fingerprint density at radius 2 is 2.46 bits per heavy atom. The van der Waals surface area contributed by atoms with Gasteiger partial charge in [0.1, 0.15) is 0 Å². The minimum absolute atomic E-state index is 0.0506. The Labute approximate surface area is 79.8 Å². The third-order valence-corrected chi connectivity index (χ3v) is 3.24. The standard InChI is InChI=1S/C9H9NO2S/c11-5-10-7-1-2-8-6(9(7)12)3-4-13-8/h3-5,7H,1-2H2,(H,10,11). The molecule has 1 heterocycles. The molecule has 3 nitrogen and oxygen atoms in total. The molecule has 0 radical (unpaired) electrons. The van der Waals surface area contributed by atoms with Crippen molar-refractivity contribution in [2.45, 2.75) is 18.9 Å². The first-order valence-corrected chi connectivity index (χ1v) is 5.01. The molecule has 1 atom stereocenters. The fraction of sp³-hybridized carbons (Fsp3) is 0.333. The zero-order chi connectivity index (χ0) is 9.26. The van der Waals surface area contributed by atoms with Crippen LogP contribution in [0.15, 0.2) is 11.4 Å². The lowest BCUT2D eigenvalue weighted by Crippen LogP contribution is -2.38. The summed E-state index contributed by atoms with van der Waals surface area (Å²) in [5.74, 6) is 0.0506. The molecule has 2 rings (SSSR count). The second-order valence-corrected chi connectivity index (χ2v) is 4.00. The van der Waals surface area contributed by atoms with E-state index < -0.39 is 0 Å². The Bertz CT molecular complexity index is 345. The molecule has 0 saturated carbocycles. The second kappa shape index (κ2) is 3.30. The van der Waals surface area contributed by atoms with E-state index in [1.54, 1.807) is 11.3 Å². The van der Waals surface area contributed by atoms with Crippen molar-refractivity contribution in [2.75, 3.05) is 0 Å². The van der Waals surface area contributed by atoms with Gasteiger partial charge >= 0.3 is 0 Å². The number of hydrogen-bond acceptors (Lipinski definition) is 3. The number of aryl methyl sites for hydroxylation is 1. The topological polar surface area (TPSA) is 46.2 Å². The van der Waals surface area contributed by atoms with Crippen LogP contribution in [0, 0.1) is 0 Å². The minimum atomic E-state index is -0.306. The molecule has 1 aliphatic carbocycles. The van der Waals surface area contributed by atoms with Crippen molar-refractivity contribution in [2.24, 2.45) is 0 Å². The number of carbonyl (C=O) groups excluding carboxylic acids is 2. The summed E-state index contributed by atoms with van der Waals surface area (Å²) in [4.78, 5) is 23.0. The van der Waals surface area contributed by atoms with E-state index in [4.69, 9.17) is 0 Å². The number of Topliss-reactive ketones (excluding diaryl/α,β-unsaturated/α-hetero) is 1. The molecule has 4 heteroatoms. The van der Waals surface area contributed by atoms with E-state index in [2.05, 4.69) is 5.32 Å². The molecule has 0 aliphatic heterocycles. The van der Waals surface area contributed by atoms with Gasteiger partial charge in [-0.05, 0) is 24.3 Å². The van der Waals surface area contributed by atoms with Crippen LogP contribution in [-0.2, 0) is 11.2 Å². The first-order chi connectivity index (χ1) is 6.33. The number of thiophene rings is 1. The number of fused-ring (bicyclic) bond motifs is 1. The lowest BCUT2D eigenvalue weighted by molar-refractivity contribution is -0.110. The van der Waals surface area contributed by atoms with Crippen molar-refractivity contribution < 1.29 is 9.59 Å². The monoisotopic (exact) mass is 195 g/mol. The number of hydrogen-bond donors (Lipinski definition) is 1. The highest BCUT2D eigenvalue weighted by Gasteiger charge is 2.27. The highest BCUT2D eigenvalue weighted by Crippen LogP contribution is 2.25. The molecule has 0 aromatic carbocycles. The van der Waals surface area contributed by atoms with Gasteiger partial charge in [0.05, 0.1) is 6.04 Å². The molecule has 1 aliphatic rings. The van der Waals surface area contributed by atoms with Crippen LogP contribution in [0.2, 0.25) is 0 Å². The average molecular weight is 195 g/mol. The molecule has 1 amide bonds. The molecule has 1 aromatic rings. The lowest BCUT2D eigenvalue weighted by Gasteiger charge is -2.19. The zero-order valence-electron chi connectivity index (χ0n) is 6.95. The van der Waals surface area contributed by atoms with Crippen molar-refractivity contribution in [3.8, 4) is 0 Å². The molecular weight excluding hydrogens is 186 g/mol. The third-order valence-electron chi connectivity index (χ3n) is 2.26. The summed E-state index contributed by atoms with van der Waals surface area (Å²) in [6, 6.07) is 1.53. The van der Waals surface area contributed by atoms with Gasteiger partial charge in [0.2, 0.25) is 6.41 Å². The van der Waals surface area contributed by atoms with Crippen LogP contribution in [0.1, 0.15) is 21.7 Å². The normalized spacial score (nSPS) is 20.9. The quantitative estimate of drug-likeness (QED) is 0.715. The predicted molar refractivity (Wildman–Crippen MR) is 50.0 cm³/mol. The smallest absolute Gasteiger partial charge is 0.207 e. The summed E-state index contributed by atoms with van der Waals surface area (Å²) in [6.45, 7) is 0. The highest BCUT2D eigenvalue weighted by molar-refractivity contribution is 7.10. The van der Waals surface area contributed by atoms with Crippen LogP contribution in [0.25, 0.3) is 0 Å². The van der Waals surface area contributed by atoms with Crippen LogP contribution < -0.4 is 5.32 Å². The van der Waals surface area contributed by atoms with Gasteiger partial charge < -0.3 is 5.32 Å². The molecule has 1 unspecified atom stereocenters. The van der Waals surface area contributed by atoms with Crippen LogP contribution in [-0.4, -0.2) is 18.2 Å². The molecule has 0 spiro atoms. The fourth-order valence-electron chi connectivity index (χ4n) is 1.59. The van der Waals surface area contributed by atoms with Gasteiger partial charge in [-0.25, -0.2) is 0 Å². The molecule has 0 saturated heterocycles. The van der Waals surface area contributed by atoms with Crippen LogP contribution in [0.5, 0.6) is 0 Å². The summed E-state index contributed by atoms with van der Waals surface area (Å²) < 4.78 is 0. The summed E-state index contributed by atoms with van der Waals surface area (Å²) in [5, 5.41) is 4.46. The number of ketones is 1. The van der Waals surface area contributed by atoms with Crippen molar-refractivity contribution in [3.63, 3.8) is 0 Å². The molecular formula is C9H9NO2S. The number of rotatable bonds is 2. The Kier molecular flexibility index (Phi) is 2.14. The van der Waals surface area contributed by atoms with Gasteiger partial charge in [-0.15, -0.1) is 11.3 Å². The SMILES string of the molecule is O=CNC1CCc2sccc2C1=O. The van der Waals surface area contributed by atoms with Gasteiger partial charge in [-0.1, -0.05) is 0 Å². The Balaban J connectivity index is 2.27. The van der Waals surface area contributed by atoms with E-state index in [0.717, 1.165) is 23.3 Å². The summed E-state index contributed by atoms with van der Waals surface area (Å²) in [5.41, 5.74) is 0.788. The van der Waals surface area contributed by atoms with Gasteiger partial charge in [-0.2, -0.15) is 0 Å². The van der Waals surface area contributed by atoms with Gasteiger partial charge in [0, 0.05) is 10.4 Å². The maximum Gasteiger partial charge on any atom is 0.207 e. The first-order valence-electron chi connectivity index (χ1n) is 4.13. The summed E-state index contributed by atoms with van der Waals surface area (Å²) in [7, 11) is 0. The van der Waals surface area contributed by atoms with E-state index in [9.17, 15) is 9.59 Å². The lowest BCUT2D eigenvalue weighted by atomic mass is 9.93. The van der Waals surface area contributed by atoms with Crippen molar-refractivity contribution >= 4 is 23.5 Å². The average Bonchev–Trinajstić information content (AvgIpc) is 2.58. The summed E-state index contributed by atoms with van der Waals surface area (Å²) in [6.07, 6.45) is 2.22. The molecule has 0 fully saturated rings. The van der Waals surface area contributed by atoms with Gasteiger partial charge in [0.15, 0.2) is 5.78 Å². The fourth-order valence-corrected chi connectivity index (χ4v) is 2.49. The van der Waals surface area contributed by atoms with Crippen molar-refractivity contribution in [3.05, 3.63) is 21.9 Å². The van der Waals surface area contributed by atoms with Crippen LogP contribution in [0.4, 0.5) is 0 Å². The Morgan fingerprint density at radius 1 is 1.62 bits per heavy atom. The molecule has 13 heavy (non-hydrogen) atoms. The summed E-state index contributed by atoms with van der Waals surface area (Å²) >= 11 is 1.61. The van der Waals surface area contributed by atoms with Gasteiger partial charge in [-0.3, -0.25) is 9.59 Å². The van der Waals surface area contributed by atoms with Crippen molar-refractivity contribution in [1.82, 2.24) is 5.32 Å². The van der Waals surface area contributed by atoms with E-state index in [-0.39, 0.29) is 11.8 Å². The maximum atomic E-state index is 11.7. The number of amides is 1. The third kappa shape index (κ3) is 1.37. The predicted octanol–water partition coefficient (Wildman–Crippen LogP) is 0.992. The molecule has 68 valence electrons. The van der Waals surface area contributed by atoms with Crippen LogP contribution in [0.3, 0.4) is 0 Å². The molecule has 0 bridgehead atoms. The highest BCUT2D eigenvalue weighted by atomic mass is 32.1. The maximum absolute atomic E-state index is 11.7. The number of carbonyl (C=O) groups is 2. The van der Waals surface area contributed by atoms with E-state index in [1.807, 2.05) is 11.4 Å². The molecule has 1 aromatic heterocycles. The van der Waals surface area contributed by atoms with E-state index in [1.165, 1.54) is 0 Å². The largest absolute Gasteiger partial charge is 0.348 e. The van der Waals surface area contributed by atoms with Crippen molar-refractivity contribution in [1.29, 1.82) is 0 Å². The van der Waals surface area contributed by atoms with Crippen LogP contribution >= 0.6 is 11.3 Å². The zero-order valence-corrected chi connectivity index (χ0v) is 7.76. The molecule has 1 N–H and O–H groups in total. The first kappa shape index (κ1) is 8.44. The van der Waals surface area contributed by atoms with Gasteiger partial charge in [0.25, 0.3) is 0 Å². The van der Waals surface area contributed by atoms with E-state index >= 15 is 0 Å².